The lowest BCUT2D eigenvalue weighted by Crippen LogP contribution is -2.50. The lowest BCUT2D eigenvalue weighted by atomic mass is 10.1. The second-order valence-corrected chi connectivity index (χ2v) is 8.65. The highest BCUT2D eigenvalue weighted by Crippen LogP contribution is 2.28. The van der Waals surface area contributed by atoms with Gasteiger partial charge in [-0.05, 0) is 29.1 Å². The molecular formula is C22H23N5O4S. The number of methoxy groups -OCH3 is 1. The van der Waals surface area contributed by atoms with Gasteiger partial charge in [0.1, 0.15) is 11.9 Å². The molecule has 32 heavy (non-hydrogen) atoms. The van der Waals surface area contributed by atoms with Crippen LogP contribution in [-0.4, -0.2) is 69.9 Å². The summed E-state index contributed by atoms with van der Waals surface area (Å²) in [4.78, 5) is 29.9. The summed E-state index contributed by atoms with van der Waals surface area (Å²) in [5.74, 6) is 0.642. The fourth-order valence-electron chi connectivity index (χ4n) is 4.02. The molecule has 1 saturated heterocycles. The van der Waals surface area contributed by atoms with E-state index in [1.54, 1.807) is 21.6 Å². The minimum absolute atomic E-state index is 0.0195. The molecular weight excluding hydrogens is 430 g/mol. The Hall–Kier alpha value is -3.24. The van der Waals surface area contributed by atoms with Crippen LogP contribution in [0.3, 0.4) is 0 Å². The fourth-order valence-corrected chi connectivity index (χ4v) is 4.71. The van der Waals surface area contributed by atoms with Crippen LogP contribution < -0.4 is 4.74 Å². The third-order valence-electron chi connectivity index (χ3n) is 5.87. The first kappa shape index (κ1) is 20.7. The molecule has 3 aromatic rings. The number of amides is 2. The number of ether oxygens (including phenoxy) is 2. The third kappa shape index (κ3) is 3.87. The van der Waals surface area contributed by atoms with Crippen molar-refractivity contribution in [3.63, 3.8) is 0 Å². The summed E-state index contributed by atoms with van der Waals surface area (Å²) in [6.45, 7) is 2.70. The molecule has 1 aromatic carbocycles. The predicted molar refractivity (Wildman–Crippen MR) is 117 cm³/mol. The van der Waals surface area contributed by atoms with Crippen LogP contribution in [0.25, 0.3) is 0 Å². The SMILES string of the molecule is COc1ccc([C@@H]2Cn3nnc(C(=O)N4CCN(C(=O)c5cccs5)CC4)c3CO2)cc1. The summed E-state index contributed by atoms with van der Waals surface area (Å²) in [5.41, 5.74) is 2.04. The first-order valence-electron chi connectivity index (χ1n) is 10.4. The van der Waals surface area contributed by atoms with Gasteiger partial charge < -0.3 is 19.3 Å². The van der Waals surface area contributed by atoms with Crippen molar-refractivity contribution in [1.29, 1.82) is 0 Å². The molecule has 4 heterocycles. The standard InChI is InChI=1S/C22H23N5O4S/c1-30-16-6-4-15(5-7-16)18-13-27-17(14-31-18)20(23-24-27)22(29)26-10-8-25(9-11-26)21(28)19-3-2-12-32-19/h2-7,12,18H,8-11,13-14H2,1H3/t18-/m0/s1. The smallest absolute Gasteiger partial charge is 0.276 e. The molecule has 166 valence electrons. The van der Waals surface area contributed by atoms with Gasteiger partial charge in [0.05, 0.1) is 30.8 Å². The normalized spacial score (nSPS) is 18.3. The number of piperazine rings is 1. The topological polar surface area (TPSA) is 89.8 Å². The van der Waals surface area contributed by atoms with Crippen molar-refractivity contribution in [3.8, 4) is 5.75 Å². The number of hydrogen-bond acceptors (Lipinski definition) is 7. The minimum atomic E-state index is -0.166. The van der Waals surface area contributed by atoms with Crippen LogP contribution in [0, 0.1) is 0 Å². The van der Waals surface area contributed by atoms with Gasteiger partial charge in [-0.2, -0.15) is 0 Å². The van der Waals surface area contributed by atoms with Crippen molar-refractivity contribution < 1.29 is 19.1 Å². The Morgan fingerprint density at radius 1 is 1.06 bits per heavy atom. The first-order valence-corrected chi connectivity index (χ1v) is 11.3. The van der Waals surface area contributed by atoms with Gasteiger partial charge in [0.25, 0.3) is 11.8 Å². The molecule has 0 aliphatic carbocycles. The van der Waals surface area contributed by atoms with Gasteiger partial charge in [0, 0.05) is 26.2 Å². The van der Waals surface area contributed by atoms with Gasteiger partial charge in [-0.1, -0.05) is 23.4 Å². The number of carbonyl (C=O) groups excluding carboxylic acids is 2. The molecule has 0 saturated carbocycles. The second kappa shape index (κ2) is 8.71. The molecule has 9 nitrogen and oxygen atoms in total. The van der Waals surface area contributed by atoms with Crippen molar-refractivity contribution >= 4 is 23.2 Å². The lowest BCUT2D eigenvalue weighted by molar-refractivity contribution is -0.00204. The van der Waals surface area contributed by atoms with Gasteiger partial charge in [0.2, 0.25) is 0 Å². The maximum atomic E-state index is 13.1. The van der Waals surface area contributed by atoms with E-state index in [1.807, 2.05) is 41.8 Å². The van der Waals surface area contributed by atoms with E-state index < -0.39 is 0 Å². The summed E-state index contributed by atoms with van der Waals surface area (Å²) in [6, 6.07) is 11.4. The minimum Gasteiger partial charge on any atom is -0.497 e. The van der Waals surface area contributed by atoms with Gasteiger partial charge in [-0.15, -0.1) is 16.4 Å². The van der Waals surface area contributed by atoms with Crippen molar-refractivity contribution in [3.05, 3.63) is 63.6 Å². The molecule has 2 aliphatic rings. The Morgan fingerprint density at radius 3 is 2.44 bits per heavy atom. The maximum absolute atomic E-state index is 13.1. The highest BCUT2D eigenvalue weighted by atomic mass is 32.1. The number of hydrogen-bond donors (Lipinski definition) is 0. The summed E-state index contributed by atoms with van der Waals surface area (Å²) >= 11 is 1.43. The van der Waals surface area contributed by atoms with Crippen LogP contribution in [0.15, 0.2) is 41.8 Å². The van der Waals surface area contributed by atoms with E-state index >= 15 is 0 Å². The van der Waals surface area contributed by atoms with Crippen molar-refractivity contribution in [2.24, 2.45) is 0 Å². The molecule has 2 aromatic heterocycles. The number of carbonyl (C=O) groups is 2. The first-order chi connectivity index (χ1) is 15.6. The molecule has 0 bridgehead atoms. The van der Waals surface area contributed by atoms with E-state index in [0.717, 1.165) is 16.2 Å². The Kier molecular flexibility index (Phi) is 5.62. The number of nitrogens with zero attached hydrogens (tertiary/aromatic N) is 5. The number of rotatable bonds is 4. The number of fused-ring (bicyclic) bond motifs is 1. The molecule has 1 atom stereocenters. The van der Waals surface area contributed by atoms with Crippen LogP contribution in [0.2, 0.25) is 0 Å². The van der Waals surface area contributed by atoms with Crippen LogP contribution in [0.4, 0.5) is 0 Å². The quantitative estimate of drug-likeness (QED) is 0.602. The zero-order chi connectivity index (χ0) is 22.1. The van der Waals surface area contributed by atoms with Gasteiger partial charge >= 0.3 is 0 Å². The molecule has 0 unspecified atom stereocenters. The van der Waals surface area contributed by atoms with E-state index in [0.29, 0.717) is 44.1 Å². The van der Waals surface area contributed by atoms with Crippen molar-refractivity contribution in [2.75, 3.05) is 33.3 Å². The van der Waals surface area contributed by atoms with Gasteiger partial charge in [0.15, 0.2) is 5.69 Å². The maximum Gasteiger partial charge on any atom is 0.276 e. The van der Waals surface area contributed by atoms with Crippen molar-refractivity contribution in [1.82, 2.24) is 24.8 Å². The summed E-state index contributed by atoms with van der Waals surface area (Å²) < 4.78 is 13.0. The largest absolute Gasteiger partial charge is 0.497 e. The monoisotopic (exact) mass is 453 g/mol. The van der Waals surface area contributed by atoms with E-state index in [4.69, 9.17) is 9.47 Å². The molecule has 0 radical (unpaired) electrons. The van der Waals surface area contributed by atoms with Crippen LogP contribution >= 0.6 is 11.3 Å². The third-order valence-corrected chi connectivity index (χ3v) is 6.73. The van der Waals surface area contributed by atoms with E-state index in [9.17, 15) is 9.59 Å². The number of aromatic nitrogens is 3. The summed E-state index contributed by atoms with van der Waals surface area (Å²) in [5, 5.41) is 10.3. The molecule has 5 rings (SSSR count). The van der Waals surface area contributed by atoms with Crippen molar-refractivity contribution in [2.45, 2.75) is 19.3 Å². The Labute approximate surface area is 189 Å². The van der Waals surface area contributed by atoms with Crippen LogP contribution in [-0.2, 0) is 17.9 Å². The highest BCUT2D eigenvalue weighted by Gasteiger charge is 2.32. The van der Waals surface area contributed by atoms with Gasteiger partial charge in [-0.25, -0.2) is 4.68 Å². The summed E-state index contributed by atoms with van der Waals surface area (Å²) in [7, 11) is 1.63. The zero-order valence-corrected chi connectivity index (χ0v) is 18.5. The highest BCUT2D eigenvalue weighted by molar-refractivity contribution is 7.12. The Bertz CT molecular complexity index is 1100. The molecule has 1 fully saturated rings. The molecule has 0 spiro atoms. The molecule has 2 aliphatic heterocycles. The average Bonchev–Trinajstić information content (AvgIpc) is 3.53. The molecule has 2 amide bonds. The number of thiophene rings is 1. The molecule has 10 heteroatoms. The second-order valence-electron chi connectivity index (χ2n) is 7.70. The van der Waals surface area contributed by atoms with Crippen LogP contribution in [0.5, 0.6) is 5.75 Å². The van der Waals surface area contributed by atoms with E-state index in [2.05, 4.69) is 10.3 Å². The molecule has 0 N–H and O–H groups in total. The lowest BCUT2D eigenvalue weighted by Gasteiger charge is -2.34. The van der Waals surface area contributed by atoms with Gasteiger partial charge in [-0.3, -0.25) is 9.59 Å². The predicted octanol–water partition coefficient (Wildman–Crippen LogP) is 2.22. The summed E-state index contributed by atoms with van der Waals surface area (Å²) in [6.07, 6.45) is -0.162. The fraction of sp³-hybridized carbons (Fsp3) is 0.364. The Balaban J connectivity index is 1.23. The van der Waals surface area contributed by atoms with Crippen LogP contribution in [0.1, 0.15) is 37.5 Å². The number of benzene rings is 1. The zero-order valence-electron chi connectivity index (χ0n) is 17.6. The van der Waals surface area contributed by atoms with E-state index in [-0.39, 0.29) is 24.5 Å². The van der Waals surface area contributed by atoms with E-state index in [1.165, 1.54) is 11.3 Å². The Morgan fingerprint density at radius 2 is 1.78 bits per heavy atom. The average molecular weight is 454 g/mol.